The second-order valence-corrected chi connectivity index (χ2v) is 8.66. The Morgan fingerprint density at radius 3 is 2.74 bits per heavy atom. The van der Waals surface area contributed by atoms with Gasteiger partial charge in [0.05, 0.1) is 30.5 Å². The number of benzene rings is 2. The maximum absolute atomic E-state index is 13.2. The van der Waals surface area contributed by atoms with Gasteiger partial charge in [0.2, 0.25) is 0 Å². The minimum atomic E-state index is -0.678. The third-order valence-corrected chi connectivity index (χ3v) is 6.36. The lowest BCUT2D eigenvalue weighted by molar-refractivity contribution is -0.139. The van der Waals surface area contributed by atoms with Gasteiger partial charge in [-0.1, -0.05) is 31.9 Å². The molecule has 2 heterocycles. The van der Waals surface area contributed by atoms with E-state index in [0.717, 1.165) is 42.8 Å². The van der Waals surface area contributed by atoms with Crippen molar-refractivity contribution in [2.75, 3.05) is 38.3 Å². The van der Waals surface area contributed by atoms with Crippen LogP contribution in [0.3, 0.4) is 0 Å². The summed E-state index contributed by atoms with van der Waals surface area (Å²) in [6.07, 6.45) is 2.73. The highest BCUT2D eigenvalue weighted by atomic mass is 16.5. The van der Waals surface area contributed by atoms with Crippen LogP contribution in [0, 0.1) is 0 Å². The zero-order valence-electron chi connectivity index (χ0n) is 20.0. The quantitative estimate of drug-likeness (QED) is 0.268. The van der Waals surface area contributed by atoms with E-state index in [2.05, 4.69) is 6.92 Å². The molecule has 1 N–H and O–H groups in total. The summed E-state index contributed by atoms with van der Waals surface area (Å²) in [7, 11) is 1.96. The van der Waals surface area contributed by atoms with Gasteiger partial charge in [0, 0.05) is 19.2 Å². The minimum Gasteiger partial charge on any atom is -0.507 e. The summed E-state index contributed by atoms with van der Waals surface area (Å²) in [4.78, 5) is 30.0. The number of nitrogens with zero attached hydrogens (tertiary/aromatic N) is 2. The van der Waals surface area contributed by atoms with E-state index < -0.39 is 17.7 Å². The number of fused-ring (bicyclic) bond motifs is 1. The Morgan fingerprint density at radius 2 is 1.97 bits per heavy atom. The number of unbranched alkanes of at least 4 members (excludes halogenated alkanes) is 2. The Kier molecular flexibility index (Phi) is 7.10. The highest BCUT2D eigenvalue weighted by molar-refractivity contribution is 6.46. The monoisotopic (exact) mass is 464 g/mol. The molecule has 1 unspecified atom stereocenters. The van der Waals surface area contributed by atoms with Gasteiger partial charge < -0.3 is 24.4 Å². The summed E-state index contributed by atoms with van der Waals surface area (Å²) < 4.78 is 11.4. The van der Waals surface area contributed by atoms with Crippen molar-refractivity contribution in [3.05, 3.63) is 59.2 Å². The lowest BCUT2D eigenvalue weighted by atomic mass is 9.94. The number of rotatable bonds is 8. The molecule has 2 aromatic carbocycles. The Balaban J connectivity index is 1.82. The second-order valence-electron chi connectivity index (χ2n) is 8.66. The van der Waals surface area contributed by atoms with Crippen LogP contribution >= 0.6 is 0 Å². The first-order valence-electron chi connectivity index (χ1n) is 12.0. The maximum atomic E-state index is 13.2. The molecular formula is C27H32N2O5. The molecule has 2 aliphatic heterocycles. The van der Waals surface area contributed by atoms with Gasteiger partial charge in [-0.3, -0.25) is 9.59 Å². The largest absolute Gasteiger partial charge is 0.507 e. The van der Waals surface area contributed by atoms with Crippen LogP contribution in [0.1, 0.15) is 50.3 Å². The fraction of sp³-hybridized carbons (Fsp3) is 0.407. The van der Waals surface area contributed by atoms with E-state index in [1.165, 1.54) is 0 Å². The minimum absolute atomic E-state index is 0.106. The Bertz CT molecular complexity index is 1110. The lowest BCUT2D eigenvalue weighted by Crippen LogP contribution is -2.30. The van der Waals surface area contributed by atoms with Crippen molar-refractivity contribution in [1.29, 1.82) is 0 Å². The van der Waals surface area contributed by atoms with Gasteiger partial charge >= 0.3 is 0 Å². The summed E-state index contributed by atoms with van der Waals surface area (Å²) in [5.41, 5.74) is 2.16. The molecule has 0 aromatic heterocycles. The van der Waals surface area contributed by atoms with Gasteiger partial charge in [0.15, 0.2) is 0 Å². The molecule has 7 heteroatoms. The summed E-state index contributed by atoms with van der Waals surface area (Å²) >= 11 is 0. The maximum Gasteiger partial charge on any atom is 0.295 e. The van der Waals surface area contributed by atoms with Gasteiger partial charge in [-0.2, -0.15) is 0 Å². The molecule has 180 valence electrons. The van der Waals surface area contributed by atoms with Crippen molar-refractivity contribution in [3.8, 4) is 11.5 Å². The molecule has 2 aromatic rings. The third-order valence-electron chi connectivity index (χ3n) is 6.36. The van der Waals surface area contributed by atoms with Crippen molar-refractivity contribution >= 4 is 23.1 Å². The van der Waals surface area contributed by atoms with E-state index in [1.807, 2.05) is 49.2 Å². The number of aliphatic hydroxyl groups is 1. The normalized spacial score (nSPS) is 19.2. The topological polar surface area (TPSA) is 79.3 Å². The molecule has 1 fully saturated rings. The Labute approximate surface area is 200 Å². The van der Waals surface area contributed by atoms with E-state index in [9.17, 15) is 14.7 Å². The van der Waals surface area contributed by atoms with Crippen molar-refractivity contribution in [2.24, 2.45) is 0 Å². The number of likely N-dealkylation sites (N-methyl/N-ethyl adjacent to an activating group) is 1. The van der Waals surface area contributed by atoms with Crippen molar-refractivity contribution in [3.63, 3.8) is 0 Å². The van der Waals surface area contributed by atoms with Crippen LogP contribution in [-0.4, -0.2) is 55.0 Å². The van der Waals surface area contributed by atoms with Crippen molar-refractivity contribution in [2.45, 2.75) is 39.2 Å². The average molecular weight is 465 g/mol. The Hall–Kier alpha value is -3.48. The SMILES string of the molecule is CCCCCN1C(=O)C(=O)/C(=C(\O)c2ccc3c(c2)N(C)CCO3)C1c1cccc(OCC)c1. The van der Waals surface area contributed by atoms with Crippen molar-refractivity contribution < 1.29 is 24.2 Å². The van der Waals surface area contributed by atoms with E-state index in [0.29, 0.717) is 31.1 Å². The van der Waals surface area contributed by atoms with Crippen LogP contribution < -0.4 is 14.4 Å². The second kappa shape index (κ2) is 10.2. The number of amides is 1. The number of aliphatic hydroxyl groups excluding tert-OH is 1. The molecule has 2 aliphatic rings. The molecule has 0 radical (unpaired) electrons. The summed E-state index contributed by atoms with van der Waals surface area (Å²) in [5.74, 6) is -0.0334. The van der Waals surface area contributed by atoms with Crippen LogP contribution in [0.5, 0.6) is 11.5 Å². The average Bonchev–Trinajstić information content (AvgIpc) is 3.09. The smallest absolute Gasteiger partial charge is 0.295 e. The number of ether oxygens (including phenoxy) is 2. The summed E-state index contributed by atoms with van der Waals surface area (Å²) in [6.45, 7) is 6.26. The van der Waals surface area contributed by atoms with Crippen LogP contribution in [-0.2, 0) is 9.59 Å². The molecule has 0 saturated carbocycles. The summed E-state index contributed by atoms with van der Waals surface area (Å²) in [6, 6.07) is 12.0. The highest BCUT2D eigenvalue weighted by Gasteiger charge is 2.46. The van der Waals surface area contributed by atoms with Crippen LogP contribution in [0.15, 0.2) is 48.0 Å². The van der Waals surface area contributed by atoms with E-state index in [1.54, 1.807) is 17.0 Å². The van der Waals surface area contributed by atoms with Gasteiger partial charge in [0.25, 0.3) is 11.7 Å². The molecule has 1 saturated heterocycles. The fourth-order valence-electron chi connectivity index (χ4n) is 4.58. The van der Waals surface area contributed by atoms with E-state index in [4.69, 9.17) is 9.47 Å². The number of carbonyl (C=O) groups excluding carboxylic acids is 2. The van der Waals surface area contributed by atoms with Gasteiger partial charge in [-0.05, 0) is 49.2 Å². The molecule has 0 bridgehead atoms. The van der Waals surface area contributed by atoms with Crippen LogP contribution in [0.4, 0.5) is 5.69 Å². The number of hydrogen-bond acceptors (Lipinski definition) is 6. The number of anilines is 1. The number of likely N-dealkylation sites (tertiary alicyclic amines) is 1. The first kappa shape index (κ1) is 23.7. The molecular weight excluding hydrogens is 432 g/mol. The van der Waals surface area contributed by atoms with Gasteiger partial charge in [-0.25, -0.2) is 0 Å². The van der Waals surface area contributed by atoms with Crippen LogP contribution in [0.25, 0.3) is 5.76 Å². The van der Waals surface area contributed by atoms with Gasteiger partial charge in [0.1, 0.15) is 23.9 Å². The number of ketones is 1. The third kappa shape index (κ3) is 4.47. The van der Waals surface area contributed by atoms with Crippen molar-refractivity contribution in [1.82, 2.24) is 4.90 Å². The molecule has 0 aliphatic carbocycles. The van der Waals surface area contributed by atoms with E-state index >= 15 is 0 Å². The molecule has 1 atom stereocenters. The zero-order valence-corrected chi connectivity index (χ0v) is 20.0. The zero-order chi connectivity index (χ0) is 24.2. The number of carbonyl (C=O) groups is 2. The predicted octanol–water partition coefficient (Wildman–Crippen LogP) is 4.53. The standard InChI is InChI=1S/C27H32N2O5/c1-4-6-7-13-29-24(18-9-8-10-20(16-18)33-5-2)23(26(31)27(29)32)25(30)19-11-12-22-21(17-19)28(3)14-15-34-22/h8-12,16-17,24,30H,4-7,13-15H2,1-3H3/b25-23-. The predicted molar refractivity (Wildman–Crippen MR) is 131 cm³/mol. The molecule has 34 heavy (non-hydrogen) atoms. The van der Waals surface area contributed by atoms with Gasteiger partial charge in [-0.15, -0.1) is 0 Å². The molecule has 4 rings (SSSR count). The lowest BCUT2D eigenvalue weighted by Gasteiger charge is -2.28. The van der Waals surface area contributed by atoms with Crippen LogP contribution in [0.2, 0.25) is 0 Å². The molecule has 1 amide bonds. The van der Waals surface area contributed by atoms with E-state index in [-0.39, 0.29) is 11.3 Å². The molecule has 7 nitrogen and oxygen atoms in total. The first-order valence-corrected chi connectivity index (χ1v) is 12.0. The number of Topliss-reactive ketones (excluding diaryl/α,β-unsaturated/α-hetero) is 1. The highest BCUT2D eigenvalue weighted by Crippen LogP contribution is 2.42. The fourth-order valence-corrected chi connectivity index (χ4v) is 4.58. The number of hydrogen-bond donors (Lipinski definition) is 1. The first-order chi connectivity index (χ1) is 16.5. The Morgan fingerprint density at radius 1 is 1.15 bits per heavy atom. The molecule has 0 spiro atoms. The summed E-state index contributed by atoms with van der Waals surface area (Å²) in [5, 5.41) is 11.4.